The van der Waals surface area contributed by atoms with Gasteiger partial charge in [0.25, 0.3) is 0 Å². The molecule has 90 valence electrons. The minimum Gasteiger partial charge on any atom is -0.506 e. The van der Waals surface area contributed by atoms with E-state index in [4.69, 9.17) is 33.4 Å². The number of halogens is 2. The van der Waals surface area contributed by atoms with Crippen molar-refractivity contribution in [2.45, 2.75) is 0 Å². The summed E-state index contributed by atoms with van der Waals surface area (Å²) in [6, 6.07) is 2.45. The van der Waals surface area contributed by atoms with Crippen LogP contribution in [0.3, 0.4) is 0 Å². The molecule has 0 aliphatic carbocycles. The number of carboxylic acid groups (broad SMARTS) is 2. The Labute approximate surface area is 106 Å². The molecule has 17 heavy (non-hydrogen) atoms. The highest BCUT2D eigenvalue weighted by Gasteiger charge is 2.17. The number of aromatic hydroxyl groups is 1. The number of hydrogen-bond donors (Lipinski definition) is 3. The van der Waals surface area contributed by atoms with E-state index in [0.29, 0.717) is 0 Å². The van der Waals surface area contributed by atoms with E-state index in [1.54, 1.807) is 0 Å². The first-order chi connectivity index (χ1) is 7.82. The lowest BCUT2D eigenvalue weighted by Crippen LogP contribution is -2.10. The number of phenolic OH excluding ortho intramolecular Hbond substituents is 1. The van der Waals surface area contributed by atoms with Gasteiger partial charge in [-0.15, -0.1) is 0 Å². The number of benzene rings is 1. The second kappa shape index (κ2) is 5.07. The SMILES string of the molecule is O=C(O)C(=Cc1cc(Cl)cc(Cl)c1O)C(=O)O. The van der Waals surface area contributed by atoms with Gasteiger partial charge in [-0.3, -0.25) is 0 Å². The van der Waals surface area contributed by atoms with Crippen molar-refractivity contribution in [3.63, 3.8) is 0 Å². The van der Waals surface area contributed by atoms with Gasteiger partial charge in [0, 0.05) is 10.6 Å². The summed E-state index contributed by atoms with van der Waals surface area (Å²) in [6.45, 7) is 0. The van der Waals surface area contributed by atoms with Crippen LogP contribution in [0.4, 0.5) is 0 Å². The summed E-state index contributed by atoms with van der Waals surface area (Å²) in [5.41, 5.74) is -0.985. The molecule has 0 amide bonds. The molecule has 0 atom stereocenters. The lowest BCUT2D eigenvalue weighted by atomic mass is 10.1. The second-order valence-electron chi connectivity index (χ2n) is 2.99. The third kappa shape index (κ3) is 3.12. The Balaban J connectivity index is 3.39. The smallest absolute Gasteiger partial charge is 0.343 e. The van der Waals surface area contributed by atoms with Gasteiger partial charge in [0.1, 0.15) is 11.3 Å². The first-order valence-electron chi connectivity index (χ1n) is 4.19. The molecule has 0 aliphatic rings. The maximum Gasteiger partial charge on any atom is 0.343 e. The Morgan fingerprint density at radius 3 is 2.12 bits per heavy atom. The van der Waals surface area contributed by atoms with Crippen LogP contribution in [0.2, 0.25) is 10.0 Å². The molecular formula is C10H6Cl2O5. The monoisotopic (exact) mass is 276 g/mol. The normalized spacial score (nSPS) is 9.76. The number of rotatable bonds is 3. The van der Waals surface area contributed by atoms with Crippen LogP contribution in [0.15, 0.2) is 17.7 Å². The van der Waals surface area contributed by atoms with Crippen LogP contribution in [0, 0.1) is 0 Å². The number of aliphatic carboxylic acids is 2. The summed E-state index contributed by atoms with van der Waals surface area (Å²) in [5, 5.41) is 26.8. The molecule has 0 fully saturated rings. The molecule has 1 aromatic rings. The van der Waals surface area contributed by atoms with Crippen molar-refractivity contribution < 1.29 is 24.9 Å². The molecule has 7 heteroatoms. The van der Waals surface area contributed by atoms with Gasteiger partial charge in [-0.25, -0.2) is 9.59 Å². The third-order valence-corrected chi connectivity index (χ3v) is 2.32. The van der Waals surface area contributed by atoms with E-state index in [-0.39, 0.29) is 15.6 Å². The van der Waals surface area contributed by atoms with Gasteiger partial charge >= 0.3 is 11.9 Å². The standard InChI is InChI=1S/C10H6Cl2O5/c11-5-1-4(8(13)7(12)3-5)2-6(9(14)15)10(16)17/h1-3,13H,(H,14,15)(H,16,17). The van der Waals surface area contributed by atoms with E-state index >= 15 is 0 Å². The average Bonchev–Trinajstić information content (AvgIpc) is 2.19. The van der Waals surface area contributed by atoms with Gasteiger partial charge in [0.05, 0.1) is 5.02 Å². The van der Waals surface area contributed by atoms with Gasteiger partial charge < -0.3 is 15.3 Å². The van der Waals surface area contributed by atoms with Crippen LogP contribution in [-0.2, 0) is 9.59 Å². The zero-order valence-electron chi connectivity index (χ0n) is 8.15. The van der Waals surface area contributed by atoms with E-state index in [1.807, 2.05) is 0 Å². The topological polar surface area (TPSA) is 94.8 Å². The summed E-state index contributed by atoms with van der Waals surface area (Å²) >= 11 is 11.2. The van der Waals surface area contributed by atoms with Crippen LogP contribution >= 0.6 is 23.2 Å². The lowest BCUT2D eigenvalue weighted by molar-refractivity contribution is -0.139. The molecule has 0 unspecified atom stereocenters. The highest BCUT2D eigenvalue weighted by molar-refractivity contribution is 6.36. The first kappa shape index (κ1) is 13.3. The largest absolute Gasteiger partial charge is 0.506 e. The Kier molecular flexibility index (Phi) is 3.98. The summed E-state index contributed by atoms with van der Waals surface area (Å²) in [7, 11) is 0. The lowest BCUT2D eigenvalue weighted by Gasteiger charge is -2.03. The third-order valence-electron chi connectivity index (χ3n) is 1.82. The molecule has 0 spiro atoms. The highest BCUT2D eigenvalue weighted by Crippen LogP contribution is 2.32. The molecule has 0 radical (unpaired) electrons. The van der Waals surface area contributed by atoms with Gasteiger partial charge in [-0.2, -0.15) is 0 Å². The summed E-state index contributed by atoms with van der Waals surface area (Å²) < 4.78 is 0. The molecule has 1 rings (SSSR count). The molecule has 0 bridgehead atoms. The average molecular weight is 277 g/mol. The van der Waals surface area contributed by atoms with Crippen LogP contribution in [-0.4, -0.2) is 27.3 Å². The summed E-state index contributed by atoms with van der Waals surface area (Å²) in [5.74, 6) is -3.70. The molecule has 5 nitrogen and oxygen atoms in total. The Bertz CT molecular complexity index is 506. The fourth-order valence-corrected chi connectivity index (χ4v) is 1.58. The van der Waals surface area contributed by atoms with E-state index in [0.717, 1.165) is 6.08 Å². The molecular weight excluding hydrogens is 271 g/mol. The van der Waals surface area contributed by atoms with Crippen molar-refractivity contribution in [1.82, 2.24) is 0 Å². The van der Waals surface area contributed by atoms with Crippen molar-refractivity contribution in [3.8, 4) is 5.75 Å². The van der Waals surface area contributed by atoms with E-state index in [1.165, 1.54) is 12.1 Å². The molecule has 0 aromatic heterocycles. The van der Waals surface area contributed by atoms with Crippen molar-refractivity contribution in [2.75, 3.05) is 0 Å². The van der Waals surface area contributed by atoms with E-state index in [2.05, 4.69) is 0 Å². The molecule has 0 aliphatic heterocycles. The van der Waals surface area contributed by atoms with Gasteiger partial charge in [-0.1, -0.05) is 23.2 Å². The van der Waals surface area contributed by atoms with Crippen molar-refractivity contribution in [2.24, 2.45) is 0 Å². The van der Waals surface area contributed by atoms with Gasteiger partial charge in [0.2, 0.25) is 0 Å². The van der Waals surface area contributed by atoms with Crippen LogP contribution in [0.25, 0.3) is 6.08 Å². The number of hydrogen-bond acceptors (Lipinski definition) is 3. The van der Waals surface area contributed by atoms with E-state index in [9.17, 15) is 14.7 Å². The zero-order valence-corrected chi connectivity index (χ0v) is 9.66. The molecule has 3 N–H and O–H groups in total. The van der Waals surface area contributed by atoms with Crippen molar-refractivity contribution in [3.05, 3.63) is 33.3 Å². The highest BCUT2D eigenvalue weighted by atomic mass is 35.5. The van der Waals surface area contributed by atoms with Gasteiger partial charge in [-0.05, 0) is 18.2 Å². The van der Waals surface area contributed by atoms with Crippen LogP contribution in [0.5, 0.6) is 5.75 Å². The Morgan fingerprint density at radius 1 is 1.12 bits per heavy atom. The minimum atomic E-state index is -1.63. The Hall–Kier alpha value is -1.72. The maximum atomic E-state index is 10.6. The Morgan fingerprint density at radius 2 is 1.65 bits per heavy atom. The second-order valence-corrected chi connectivity index (χ2v) is 3.84. The predicted molar refractivity (Wildman–Crippen MR) is 61.4 cm³/mol. The molecule has 1 aromatic carbocycles. The minimum absolute atomic E-state index is 0.0812. The first-order valence-corrected chi connectivity index (χ1v) is 4.95. The fourth-order valence-electron chi connectivity index (χ4n) is 1.07. The maximum absolute atomic E-state index is 10.6. The number of carboxylic acids is 2. The predicted octanol–water partition coefficient (Wildman–Crippen LogP) is 2.25. The van der Waals surface area contributed by atoms with Crippen molar-refractivity contribution >= 4 is 41.2 Å². The fraction of sp³-hybridized carbons (Fsp3) is 0. The quantitative estimate of drug-likeness (QED) is 0.447. The van der Waals surface area contributed by atoms with Gasteiger partial charge in [0.15, 0.2) is 0 Å². The van der Waals surface area contributed by atoms with E-state index < -0.39 is 23.3 Å². The molecule has 0 heterocycles. The van der Waals surface area contributed by atoms with Crippen molar-refractivity contribution in [1.29, 1.82) is 0 Å². The molecule has 0 saturated carbocycles. The molecule has 0 saturated heterocycles. The number of phenols is 1. The van der Waals surface area contributed by atoms with Crippen LogP contribution < -0.4 is 0 Å². The zero-order chi connectivity index (χ0) is 13.2. The summed E-state index contributed by atoms with van der Waals surface area (Å²) in [4.78, 5) is 21.3. The summed E-state index contributed by atoms with van der Waals surface area (Å²) in [6.07, 6.45) is 0.776. The number of carbonyl (C=O) groups is 2. The van der Waals surface area contributed by atoms with Crippen LogP contribution in [0.1, 0.15) is 5.56 Å².